The van der Waals surface area contributed by atoms with E-state index in [2.05, 4.69) is 9.73 Å². The fourth-order valence-corrected chi connectivity index (χ4v) is 1.11. The molecule has 0 saturated carbocycles. The van der Waals surface area contributed by atoms with Crippen molar-refractivity contribution in [3.63, 3.8) is 0 Å². The van der Waals surface area contributed by atoms with Crippen LogP contribution >= 0.6 is 0 Å². The molecule has 0 N–H and O–H groups in total. The van der Waals surface area contributed by atoms with Gasteiger partial charge < -0.3 is 4.74 Å². The van der Waals surface area contributed by atoms with Gasteiger partial charge in [-0.1, -0.05) is 29.8 Å². The molecule has 1 rings (SSSR count). The Hall–Kier alpha value is -1.64. The van der Waals surface area contributed by atoms with Gasteiger partial charge in [0, 0.05) is 12.6 Å². The summed E-state index contributed by atoms with van der Waals surface area (Å²) in [6.45, 7) is 4.16. The minimum Gasteiger partial charge on any atom is -0.448 e. The second-order valence-corrected chi connectivity index (χ2v) is 3.20. The average Bonchev–Trinajstić information content (AvgIpc) is 2.21. The van der Waals surface area contributed by atoms with Crippen LogP contribution in [-0.2, 0) is 11.2 Å². The number of aliphatic imine (C=N–C) groups is 1. The molecule has 3 nitrogen and oxygen atoms in total. The van der Waals surface area contributed by atoms with Crippen LogP contribution in [0, 0.1) is 6.92 Å². The second-order valence-electron chi connectivity index (χ2n) is 3.20. The summed E-state index contributed by atoms with van der Waals surface area (Å²) in [5.41, 5.74) is 2.36. The summed E-state index contributed by atoms with van der Waals surface area (Å²) < 4.78 is 4.66. The van der Waals surface area contributed by atoms with E-state index < -0.39 is 6.09 Å². The summed E-state index contributed by atoms with van der Waals surface area (Å²) in [6.07, 6.45) is 1.70. The van der Waals surface area contributed by atoms with Gasteiger partial charge in [-0.3, -0.25) is 0 Å². The van der Waals surface area contributed by atoms with E-state index in [-0.39, 0.29) is 0 Å². The van der Waals surface area contributed by atoms with Crippen molar-refractivity contribution >= 4 is 12.3 Å². The Morgan fingerprint density at radius 2 is 2.07 bits per heavy atom. The molecule has 1 amide bonds. The summed E-state index contributed by atoms with van der Waals surface area (Å²) in [5, 5.41) is 0. The van der Waals surface area contributed by atoms with Crippen molar-refractivity contribution in [2.75, 3.05) is 6.61 Å². The molecule has 0 radical (unpaired) electrons. The molecule has 0 atom stereocenters. The van der Waals surface area contributed by atoms with Crippen LogP contribution in [0.25, 0.3) is 0 Å². The van der Waals surface area contributed by atoms with Gasteiger partial charge in [0.05, 0.1) is 6.61 Å². The molecule has 0 aliphatic carbocycles. The zero-order valence-electron chi connectivity index (χ0n) is 9.06. The third-order valence-corrected chi connectivity index (χ3v) is 1.91. The van der Waals surface area contributed by atoms with E-state index in [0.717, 1.165) is 5.56 Å². The number of rotatable bonds is 3. The Morgan fingerprint density at radius 3 is 2.67 bits per heavy atom. The fraction of sp³-hybridized carbons (Fsp3) is 0.333. The van der Waals surface area contributed by atoms with E-state index in [1.54, 1.807) is 13.1 Å². The summed E-state index contributed by atoms with van der Waals surface area (Å²) in [6, 6.07) is 8.11. The van der Waals surface area contributed by atoms with Crippen molar-refractivity contribution in [3.8, 4) is 0 Å². The number of nitrogens with zero attached hydrogens (tertiary/aromatic N) is 1. The van der Waals surface area contributed by atoms with Gasteiger partial charge in [0.25, 0.3) is 0 Å². The van der Waals surface area contributed by atoms with E-state index >= 15 is 0 Å². The van der Waals surface area contributed by atoms with Gasteiger partial charge in [0.2, 0.25) is 0 Å². The second kappa shape index (κ2) is 5.96. The monoisotopic (exact) mass is 205 g/mol. The highest BCUT2D eigenvalue weighted by Gasteiger charge is 1.94. The topological polar surface area (TPSA) is 38.7 Å². The molecular formula is C12H15NO2. The summed E-state index contributed by atoms with van der Waals surface area (Å²) in [7, 11) is 0. The minimum atomic E-state index is -0.524. The number of ether oxygens (including phenoxy) is 1. The Bertz CT molecular complexity index is 341. The van der Waals surface area contributed by atoms with Crippen LogP contribution in [0.5, 0.6) is 0 Å². The predicted molar refractivity (Wildman–Crippen MR) is 60.4 cm³/mol. The van der Waals surface area contributed by atoms with Crippen molar-refractivity contribution in [1.29, 1.82) is 0 Å². The molecule has 1 aromatic rings. The third kappa shape index (κ3) is 4.40. The molecule has 0 bridgehead atoms. The molecule has 0 heterocycles. The number of benzene rings is 1. The largest absolute Gasteiger partial charge is 0.448 e. The maximum Gasteiger partial charge on any atom is 0.433 e. The zero-order valence-corrected chi connectivity index (χ0v) is 9.06. The van der Waals surface area contributed by atoms with Crippen LogP contribution in [0.4, 0.5) is 4.79 Å². The van der Waals surface area contributed by atoms with E-state index in [9.17, 15) is 4.79 Å². The molecule has 1 aromatic carbocycles. The standard InChI is InChI=1S/C12H15NO2/c1-3-15-12(14)13-9-8-11-6-4-10(2)5-7-11/h4-7,9H,3,8H2,1-2H3. The number of carbonyl (C=O) groups is 1. The highest BCUT2D eigenvalue weighted by molar-refractivity contribution is 5.80. The van der Waals surface area contributed by atoms with Gasteiger partial charge >= 0.3 is 6.09 Å². The van der Waals surface area contributed by atoms with Crippen LogP contribution in [0.15, 0.2) is 29.3 Å². The first-order chi connectivity index (χ1) is 7.22. The van der Waals surface area contributed by atoms with E-state index in [4.69, 9.17) is 0 Å². The first kappa shape index (κ1) is 11.4. The number of aryl methyl sites for hydroxylation is 1. The zero-order chi connectivity index (χ0) is 11.1. The predicted octanol–water partition coefficient (Wildman–Crippen LogP) is 2.76. The van der Waals surface area contributed by atoms with Crippen molar-refractivity contribution in [2.45, 2.75) is 20.3 Å². The average molecular weight is 205 g/mol. The van der Waals surface area contributed by atoms with Crippen LogP contribution in [0.3, 0.4) is 0 Å². The number of hydrogen-bond donors (Lipinski definition) is 0. The van der Waals surface area contributed by atoms with Crippen LogP contribution in [-0.4, -0.2) is 18.9 Å². The Balaban J connectivity index is 2.43. The van der Waals surface area contributed by atoms with E-state index in [1.165, 1.54) is 5.56 Å². The lowest BCUT2D eigenvalue weighted by molar-refractivity contribution is 0.163. The number of hydrogen-bond acceptors (Lipinski definition) is 2. The van der Waals surface area contributed by atoms with E-state index in [1.807, 2.05) is 31.2 Å². The number of amides is 1. The van der Waals surface area contributed by atoms with Gasteiger partial charge in [-0.05, 0) is 19.4 Å². The van der Waals surface area contributed by atoms with Gasteiger partial charge in [-0.25, -0.2) is 4.79 Å². The molecule has 15 heavy (non-hydrogen) atoms. The van der Waals surface area contributed by atoms with Crippen molar-refractivity contribution in [1.82, 2.24) is 0 Å². The molecule has 0 aliphatic heterocycles. The van der Waals surface area contributed by atoms with Crippen LogP contribution in [0.1, 0.15) is 18.1 Å². The highest BCUT2D eigenvalue weighted by Crippen LogP contribution is 2.02. The molecule has 3 heteroatoms. The Morgan fingerprint density at radius 1 is 1.40 bits per heavy atom. The fourth-order valence-electron chi connectivity index (χ4n) is 1.11. The van der Waals surface area contributed by atoms with Gasteiger partial charge in [-0.2, -0.15) is 4.99 Å². The van der Waals surface area contributed by atoms with Crippen molar-refractivity contribution in [2.24, 2.45) is 4.99 Å². The van der Waals surface area contributed by atoms with E-state index in [0.29, 0.717) is 13.0 Å². The molecular weight excluding hydrogens is 190 g/mol. The molecule has 80 valence electrons. The third-order valence-electron chi connectivity index (χ3n) is 1.91. The first-order valence-corrected chi connectivity index (χ1v) is 4.97. The smallest absolute Gasteiger partial charge is 0.433 e. The van der Waals surface area contributed by atoms with Crippen LogP contribution in [0.2, 0.25) is 0 Å². The molecule has 0 unspecified atom stereocenters. The van der Waals surface area contributed by atoms with Crippen LogP contribution < -0.4 is 0 Å². The normalized spacial score (nSPS) is 10.5. The van der Waals surface area contributed by atoms with Gasteiger partial charge in [0.1, 0.15) is 0 Å². The molecule has 0 aliphatic rings. The summed E-state index contributed by atoms with van der Waals surface area (Å²) >= 11 is 0. The van der Waals surface area contributed by atoms with Gasteiger partial charge in [-0.15, -0.1) is 0 Å². The molecule has 0 saturated heterocycles. The lowest BCUT2D eigenvalue weighted by atomic mass is 10.1. The maximum absolute atomic E-state index is 10.9. The Labute approximate surface area is 89.8 Å². The Kier molecular flexibility index (Phi) is 4.54. The first-order valence-electron chi connectivity index (χ1n) is 4.97. The summed E-state index contributed by atoms with van der Waals surface area (Å²) in [5.74, 6) is 0. The highest BCUT2D eigenvalue weighted by atomic mass is 16.5. The molecule has 0 aromatic heterocycles. The molecule has 0 fully saturated rings. The van der Waals surface area contributed by atoms with Crippen molar-refractivity contribution in [3.05, 3.63) is 35.4 Å². The summed E-state index contributed by atoms with van der Waals surface area (Å²) in [4.78, 5) is 14.5. The molecule has 0 spiro atoms. The minimum absolute atomic E-state index is 0.362. The lowest BCUT2D eigenvalue weighted by Crippen LogP contribution is -1.98. The quantitative estimate of drug-likeness (QED) is 0.712. The maximum atomic E-state index is 10.9. The van der Waals surface area contributed by atoms with Crippen molar-refractivity contribution < 1.29 is 9.53 Å². The van der Waals surface area contributed by atoms with Gasteiger partial charge in [0.15, 0.2) is 0 Å². The SMILES string of the molecule is CCOC(=O)N=CCc1ccc(C)cc1. The lowest BCUT2D eigenvalue weighted by Gasteiger charge is -1.97. The number of carbonyl (C=O) groups excluding carboxylic acids is 1.